The lowest BCUT2D eigenvalue weighted by Crippen LogP contribution is -2.10. The number of pyridine rings is 1. The second-order valence-corrected chi connectivity index (χ2v) is 7.68. The van der Waals surface area contributed by atoms with Gasteiger partial charge in [0.25, 0.3) is 0 Å². The first kappa shape index (κ1) is 19.5. The lowest BCUT2D eigenvalue weighted by atomic mass is 10.1. The Morgan fingerprint density at radius 2 is 1.89 bits per heavy atom. The molecule has 0 unspecified atom stereocenters. The first-order valence-corrected chi connectivity index (χ1v) is 10.3. The second-order valence-electron chi connectivity index (χ2n) is 5.93. The molecule has 3 rings (SSSR count). The number of aliphatic hydroxyl groups excluding tert-OH is 1. The van der Waals surface area contributed by atoms with Crippen LogP contribution in [0.1, 0.15) is 0 Å². The molecule has 0 saturated carbocycles. The zero-order valence-electron chi connectivity index (χ0n) is 15.1. The Morgan fingerprint density at radius 1 is 1.07 bits per heavy atom. The van der Waals surface area contributed by atoms with Crippen molar-refractivity contribution < 1.29 is 13.5 Å². The summed E-state index contributed by atoms with van der Waals surface area (Å²) in [5.41, 5.74) is 2.48. The van der Waals surface area contributed by atoms with Gasteiger partial charge in [0.05, 0.1) is 30.4 Å². The Labute approximate surface area is 163 Å². The summed E-state index contributed by atoms with van der Waals surface area (Å²) < 4.78 is 25.4. The van der Waals surface area contributed by atoms with E-state index in [1.165, 1.54) is 0 Å². The fourth-order valence-corrected chi connectivity index (χ4v) is 3.00. The van der Waals surface area contributed by atoms with E-state index in [2.05, 4.69) is 30.3 Å². The highest BCUT2D eigenvalue weighted by Crippen LogP contribution is 2.26. The Hall–Kier alpha value is -3.24. The minimum absolute atomic E-state index is 0.0628. The molecule has 0 aliphatic heterocycles. The molecular weight excluding hydrogens is 380 g/mol. The Balaban J connectivity index is 1.97. The summed E-state index contributed by atoms with van der Waals surface area (Å²) >= 11 is 0. The maximum Gasteiger partial charge on any atom is 0.229 e. The molecule has 0 saturated heterocycles. The van der Waals surface area contributed by atoms with Gasteiger partial charge in [-0.25, -0.2) is 13.4 Å². The van der Waals surface area contributed by atoms with Crippen LogP contribution in [0.15, 0.2) is 54.9 Å². The third-order valence-electron chi connectivity index (χ3n) is 3.52. The van der Waals surface area contributed by atoms with Gasteiger partial charge in [-0.2, -0.15) is 4.98 Å². The number of nitrogens with one attached hydrogen (secondary N) is 3. The first-order valence-electron chi connectivity index (χ1n) is 8.42. The molecule has 146 valence electrons. The van der Waals surface area contributed by atoms with Crippen molar-refractivity contribution in [3.8, 4) is 11.3 Å². The average molecular weight is 400 g/mol. The van der Waals surface area contributed by atoms with E-state index in [1.807, 2.05) is 12.1 Å². The molecule has 0 aliphatic carbocycles. The van der Waals surface area contributed by atoms with Crippen LogP contribution in [-0.4, -0.2) is 47.9 Å². The van der Waals surface area contributed by atoms with Crippen molar-refractivity contribution in [2.75, 3.05) is 34.8 Å². The van der Waals surface area contributed by atoms with Crippen LogP contribution >= 0.6 is 0 Å². The van der Waals surface area contributed by atoms with Gasteiger partial charge in [0.1, 0.15) is 5.82 Å². The molecule has 3 aromatic rings. The molecule has 0 fully saturated rings. The molecule has 0 aliphatic rings. The van der Waals surface area contributed by atoms with Crippen molar-refractivity contribution in [1.82, 2.24) is 15.0 Å². The fourth-order valence-electron chi connectivity index (χ4n) is 2.45. The molecule has 28 heavy (non-hydrogen) atoms. The summed E-state index contributed by atoms with van der Waals surface area (Å²) in [4.78, 5) is 12.9. The van der Waals surface area contributed by atoms with Crippen molar-refractivity contribution in [3.05, 3.63) is 54.9 Å². The zero-order valence-corrected chi connectivity index (χ0v) is 15.9. The number of nitrogens with zero attached hydrogens (tertiary/aromatic N) is 3. The number of benzene rings is 1. The summed E-state index contributed by atoms with van der Waals surface area (Å²) in [6.45, 7) is 0.234. The SMILES string of the molecule is CS(=O)(=O)Nc1cccc(-c2cc(Nc3cccnc3)nc(NCCO)n2)c1. The molecular formula is C18H20N6O3S. The third-order valence-corrected chi connectivity index (χ3v) is 4.12. The predicted molar refractivity (Wildman–Crippen MR) is 109 cm³/mol. The molecule has 10 heteroatoms. The second kappa shape index (κ2) is 8.63. The van der Waals surface area contributed by atoms with Gasteiger partial charge in [-0.05, 0) is 24.3 Å². The Bertz CT molecular complexity index is 1040. The average Bonchev–Trinajstić information content (AvgIpc) is 2.66. The molecule has 0 amide bonds. The van der Waals surface area contributed by atoms with Gasteiger partial charge in [-0.1, -0.05) is 12.1 Å². The lowest BCUT2D eigenvalue weighted by molar-refractivity contribution is 0.311. The van der Waals surface area contributed by atoms with Crippen LogP contribution in [0, 0.1) is 0 Å². The highest BCUT2D eigenvalue weighted by Gasteiger charge is 2.09. The Kier molecular flexibility index (Phi) is 6.02. The van der Waals surface area contributed by atoms with Crippen molar-refractivity contribution in [2.24, 2.45) is 0 Å². The van der Waals surface area contributed by atoms with Gasteiger partial charge in [-0.15, -0.1) is 0 Å². The number of sulfonamides is 1. The summed E-state index contributed by atoms with van der Waals surface area (Å²) in [7, 11) is -3.39. The normalized spacial score (nSPS) is 11.1. The van der Waals surface area contributed by atoms with Crippen molar-refractivity contribution in [3.63, 3.8) is 0 Å². The first-order chi connectivity index (χ1) is 13.4. The van der Waals surface area contributed by atoms with E-state index in [0.29, 0.717) is 35.3 Å². The molecule has 9 nitrogen and oxygen atoms in total. The van der Waals surface area contributed by atoms with Crippen LogP contribution in [0.2, 0.25) is 0 Å². The quantitative estimate of drug-likeness (QED) is 0.452. The molecule has 0 bridgehead atoms. The summed E-state index contributed by atoms with van der Waals surface area (Å²) in [5, 5.41) is 15.2. The maximum atomic E-state index is 11.5. The number of hydrogen-bond donors (Lipinski definition) is 4. The third kappa shape index (κ3) is 5.63. The maximum absolute atomic E-state index is 11.5. The molecule has 2 aromatic heterocycles. The standard InChI is InChI=1S/C18H20N6O3S/c1-28(26,27)24-14-5-2-4-13(10-14)16-11-17(21-15-6-3-7-19-12-15)23-18(22-16)20-8-9-25/h2-7,10-12,24-25H,8-9H2,1H3,(H2,20,21,22,23). The predicted octanol–water partition coefficient (Wildman–Crippen LogP) is 2.06. The number of aromatic nitrogens is 3. The lowest BCUT2D eigenvalue weighted by Gasteiger charge is -2.12. The van der Waals surface area contributed by atoms with Crippen LogP contribution in [0.25, 0.3) is 11.3 Å². The van der Waals surface area contributed by atoms with Gasteiger partial charge in [-0.3, -0.25) is 9.71 Å². The van der Waals surface area contributed by atoms with Gasteiger partial charge in [0.2, 0.25) is 16.0 Å². The van der Waals surface area contributed by atoms with Crippen LogP contribution < -0.4 is 15.4 Å². The summed E-state index contributed by atoms with van der Waals surface area (Å²) in [5.74, 6) is 0.860. The largest absolute Gasteiger partial charge is 0.395 e. The number of anilines is 4. The smallest absolute Gasteiger partial charge is 0.229 e. The zero-order chi connectivity index (χ0) is 20.0. The van der Waals surface area contributed by atoms with Crippen LogP contribution in [0.4, 0.5) is 23.1 Å². The molecule has 0 radical (unpaired) electrons. The fraction of sp³-hybridized carbons (Fsp3) is 0.167. The van der Waals surface area contributed by atoms with Crippen LogP contribution in [0.5, 0.6) is 0 Å². The van der Waals surface area contributed by atoms with E-state index in [0.717, 1.165) is 11.9 Å². The molecule has 0 spiro atoms. The monoisotopic (exact) mass is 400 g/mol. The van der Waals surface area contributed by atoms with E-state index < -0.39 is 10.0 Å². The summed E-state index contributed by atoms with van der Waals surface area (Å²) in [6, 6.07) is 12.3. The molecule has 0 atom stereocenters. The highest BCUT2D eigenvalue weighted by molar-refractivity contribution is 7.92. The number of hydrogen-bond acceptors (Lipinski definition) is 8. The van der Waals surface area contributed by atoms with E-state index in [-0.39, 0.29) is 6.61 Å². The van der Waals surface area contributed by atoms with E-state index in [4.69, 9.17) is 5.11 Å². The van der Waals surface area contributed by atoms with Gasteiger partial charge < -0.3 is 15.7 Å². The number of aliphatic hydroxyl groups is 1. The van der Waals surface area contributed by atoms with Gasteiger partial charge in [0, 0.05) is 30.1 Å². The van der Waals surface area contributed by atoms with E-state index >= 15 is 0 Å². The van der Waals surface area contributed by atoms with E-state index in [9.17, 15) is 8.42 Å². The van der Waals surface area contributed by atoms with Gasteiger partial charge >= 0.3 is 0 Å². The van der Waals surface area contributed by atoms with Crippen molar-refractivity contribution >= 4 is 33.2 Å². The topological polar surface area (TPSA) is 129 Å². The van der Waals surface area contributed by atoms with Crippen LogP contribution in [-0.2, 0) is 10.0 Å². The molecule has 1 aromatic carbocycles. The minimum Gasteiger partial charge on any atom is -0.395 e. The summed E-state index contributed by atoms with van der Waals surface area (Å²) in [6.07, 6.45) is 4.43. The Morgan fingerprint density at radius 3 is 2.61 bits per heavy atom. The molecule has 4 N–H and O–H groups in total. The molecule has 2 heterocycles. The van der Waals surface area contributed by atoms with Crippen molar-refractivity contribution in [1.29, 1.82) is 0 Å². The number of rotatable bonds is 8. The van der Waals surface area contributed by atoms with Crippen LogP contribution in [0.3, 0.4) is 0 Å². The van der Waals surface area contributed by atoms with E-state index in [1.54, 1.807) is 42.7 Å². The minimum atomic E-state index is -3.39. The van der Waals surface area contributed by atoms with Crippen molar-refractivity contribution in [2.45, 2.75) is 0 Å². The van der Waals surface area contributed by atoms with Gasteiger partial charge in [0.15, 0.2) is 0 Å². The highest BCUT2D eigenvalue weighted by atomic mass is 32.2.